The Kier molecular flexibility index (Phi) is 3.64. The van der Waals surface area contributed by atoms with Crippen molar-refractivity contribution in [3.05, 3.63) is 29.4 Å². The highest BCUT2D eigenvalue weighted by Gasteiger charge is 2.18. The topological polar surface area (TPSA) is 47.0 Å². The van der Waals surface area contributed by atoms with Gasteiger partial charge in [-0.25, -0.2) is 9.97 Å². The van der Waals surface area contributed by atoms with Gasteiger partial charge in [0.25, 0.3) is 0 Å². The zero-order valence-electron chi connectivity index (χ0n) is 10.9. The molecule has 1 aliphatic rings. The van der Waals surface area contributed by atoms with Gasteiger partial charge in [-0.3, -0.25) is 0 Å². The molecule has 0 amide bonds. The molecule has 0 radical (unpaired) electrons. The van der Waals surface area contributed by atoms with Crippen LogP contribution >= 0.6 is 11.3 Å². The minimum absolute atomic E-state index is 0.336. The third kappa shape index (κ3) is 3.04. The monoisotopic (exact) mass is 275 g/mol. The zero-order chi connectivity index (χ0) is 13.1. The van der Waals surface area contributed by atoms with Crippen LogP contribution < -0.4 is 10.1 Å². The maximum absolute atomic E-state index is 6.04. The lowest BCUT2D eigenvalue weighted by Crippen LogP contribution is -2.12. The van der Waals surface area contributed by atoms with Crippen molar-refractivity contribution in [1.29, 1.82) is 0 Å². The van der Waals surface area contributed by atoms with E-state index >= 15 is 0 Å². The molecule has 19 heavy (non-hydrogen) atoms. The Morgan fingerprint density at radius 1 is 1.37 bits per heavy atom. The standard InChI is InChI=1S/C14H17N3OS/c1-10-9-19-14(16-10)17-13-12(7-4-8-15-13)18-11-5-2-3-6-11/h4,7-9,11H,2-3,5-6H2,1H3,(H,15,16,17). The molecule has 0 aliphatic heterocycles. The maximum Gasteiger partial charge on any atom is 0.188 e. The normalized spacial score (nSPS) is 15.6. The SMILES string of the molecule is Cc1csc(Nc2ncccc2OC2CCCC2)n1. The van der Waals surface area contributed by atoms with Crippen LogP contribution in [0.3, 0.4) is 0 Å². The van der Waals surface area contributed by atoms with Crippen molar-refractivity contribution in [3.63, 3.8) is 0 Å². The number of thiazole rings is 1. The van der Waals surface area contributed by atoms with Crippen molar-refractivity contribution >= 4 is 22.3 Å². The third-order valence-electron chi connectivity index (χ3n) is 3.21. The molecule has 1 fully saturated rings. The second-order valence-electron chi connectivity index (χ2n) is 4.79. The number of hydrogen-bond donors (Lipinski definition) is 1. The van der Waals surface area contributed by atoms with E-state index in [1.165, 1.54) is 12.8 Å². The van der Waals surface area contributed by atoms with Gasteiger partial charge in [-0.05, 0) is 44.7 Å². The Morgan fingerprint density at radius 3 is 2.95 bits per heavy atom. The lowest BCUT2D eigenvalue weighted by molar-refractivity contribution is 0.210. The number of aryl methyl sites for hydroxylation is 1. The average molecular weight is 275 g/mol. The van der Waals surface area contributed by atoms with Gasteiger partial charge in [-0.2, -0.15) is 0 Å². The van der Waals surface area contributed by atoms with Gasteiger partial charge in [0.1, 0.15) is 0 Å². The van der Waals surface area contributed by atoms with Crippen LogP contribution in [0.2, 0.25) is 0 Å². The number of anilines is 2. The van der Waals surface area contributed by atoms with Crippen LogP contribution in [-0.4, -0.2) is 16.1 Å². The van der Waals surface area contributed by atoms with Gasteiger partial charge in [0, 0.05) is 11.6 Å². The first kappa shape index (κ1) is 12.4. The Balaban J connectivity index is 1.76. The van der Waals surface area contributed by atoms with Crippen molar-refractivity contribution in [2.24, 2.45) is 0 Å². The minimum Gasteiger partial charge on any atom is -0.487 e. The quantitative estimate of drug-likeness (QED) is 0.919. The fraction of sp³-hybridized carbons (Fsp3) is 0.429. The molecule has 3 rings (SSSR count). The molecule has 0 atom stereocenters. The number of aromatic nitrogens is 2. The van der Waals surface area contributed by atoms with E-state index < -0.39 is 0 Å². The number of nitrogens with one attached hydrogen (secondary N) is 1. The highest BCUT2D eigenvalue weighted by atomic mass is 32.1. The largest absolute Gasteiger partial charge is 0.487 e. The molecule has 5 heteroatoms. The summed E-state index contributed by atoms with van der Waals surface area (Å²) in [6.45, 7) is 1.98. The van der Waals surface area contributed by atoms with Gasteiger partial charge in [-0.1, -0.05) is 0 Å². The van der Waals surface area contributed by atoms with Crippen LogP contribution in [0.5, 0.6) is 5.75 Å². The molecular weight excluding hydrogens is 258 g/mol. The molecule has 0 saturated heterocycles. The van der Waals surface area contributed by atoms with Crippen molar-refractivity contribution < 1.29 is 4.74 Å². The second-order valence-corrected chi connectivity index (χ2v) is 5.65. The van der Waals surface area contributed by atoms with Gasteiger partial charge in [0.05, 0.1) is 11.8 Å². The van der Waals surface area contributed by atoms with E-state index in [0.717, 1.165) is 35.2 Å². The van der Waals surface area contributed by atoms with E-state index in [4.69, 9.17) is 4.74 Å². The smallest absolute Gasteiger partial charge is 0.188 e. The first-order valence-corrected chi connectivity index (χ1v) is 7.50. The van der Waals surface area contributed by atoms with Gasteiger partial charge in [0.2, 0.25) is 0 Å². The van der Waals surface area contributed by atoms with Gasteiger partial charge < -0.3 is 10.1 Å². The van der Waals surface area contributed by atoms with Crippen LogP contribution in [0, 0.1) is 6.92 Å². The van der Waals surface area contributed by atoms with E-state index in [-0.39, 0.29) is 0 Å². The average Bonchev–Trinajstić information content (AvgIpc) is 3.04. The molecule has 4 nitrogen and oxygen atoms in total. The molecule has 0 aromatic carbocycles. The third-order valence-corrected chi connectivity index (χ3v) is 4.09. The van der Waals surface area contributed by atoms with Crippen molar-refractivity contribution in [1.82, 2.24) is 9.97 Å². The molecule has 100 valence electrons. The van der Waals surface area contributed by atoms with E-state index in [2.05, 4.69) is 15.3 Å². The van der Waals surface area contributed by atoms with Crippen molar-refractivity contribution in [3.8, 4) is 5.75 Å². The molecule has 1 saturated carbocycles. The molecule has 2 aromatic rings. The Bertz CT molecular complexity index is 549. The summed E-state index contributed by atoms with van der Waals surface area (Å²) in [7, 11) is 0. The Morgan fingerprint density at radius 2 is 2.21 bits per heavy atom. The molecule has 0 unspecified atom stereocenters. The molecule has 0 spiro atoms. The number of hydrogen-bond acceptors (Lipinski definition) is 5. The molecule has 2 heterocycles. The van der Waals surface area contributed by atoms with E-state index in [1.807, 2.05) is 24.4 Å². The summed E-state index contributed by atoms with van der Waals surface area (Å²) in [5.74, 6) is 1.58. The van der Waals surface area contributed by atoms with Crippen molar-refractivity contribution in [2.75, 3.05) is 5.32 Å². The van der Waals surface area contributed by atoms with E-state index in [1.54, 1.807) is 17.5 Å². The Hall–Kier alpha value is -1.62. The number of ether oxygens (including phenoxy) is 1. The summed E-state index contributed by atoms with van der Waals surface area (Å²) < 4.78 is 6.04. The maximum atomic E-state index is 6.04. The predicted molar refractivity (Wildman–Crippen MR) is 77.3 cm³/mol. The highest BCUT2D eigenvalue weighted by Crippen LogP contribution is 2.30. The predicted octanol–water partition coefficient (Wildman–Crippen LogP) is 3.91. The summed E-state index contributed by atoms with van der Waals surface area (Å²) >= 11 is 1.58. The molecule has 0 bridgehead atoms. The summed E-state index contributed by atoms with van der Waals surface area (Å²) in [6, 6.07) is 3.87. The Labute approximate surface area is 116 Å². The van der Waals surface area contributed by atoms with Crippen LogP contribution in [-0.2, 0) is 0 Å². The molecule has 1 aliphatic carbocycles. The lowest BCUT2D eigenvalue weighted by atomic mass is 10.3. The van der Waals surface area contributed by atoms with E-state index in [0.29, 0.717) is 6.10 Å². The first-order valence-electron chi connectivity index (χ1n) is 6.62. The number of nitrogens with zero attached hydrogens (tertiary/aromatic N) is 2. The summed E-state index contributed by atoms with van der Waals surface area (Å²) in [4.78, 5) is 8.75. The summed E-state index contributed by atoms with van der Waals surface area (Å²) in [5.41, 5.74) is 1.02. The summed E-state index contributed by atoms with van der Waals surface area (Å²) in [6.07, 6.45) is 6.92. The number of pyridine rings is 1. The molecule has 1 N–H and O–H groups in total. The zero-order valence-corrected chi connectivity index (χ0v) is 11.7. The van der Waals surface area contributed by atoms with Gasteiger partial charge >= 0.3 is 0 Å². The minimum atomic E-state index is 0.336. The highest BCUT2D eigenvalue weighted by molar-refractivity contribution is 7.13. The van der Waals surface area contributed by atoms with Crippen LogP contribution in [0.15, 0.2) is 23.7 Å². The summed E-state index contributed by atoms with van der Waals surface area (Å²) in [5, 5.41) is 6.11. The van der Waals surface area contributed by atoms with Crippen LogP contribution in [0.4, 0.5) is 10.9 Å². The van der Waals surface area contributed by atoms with Crippen LogP contribution in [0.1, 0.15) is 31.4 Å². The van der Waals surface area contributed by atoms with Crippen molar-refractivity contribution in [2.45, 2.75) is 38.7 Å². The molecule has 2 aromatic heterocycles. The fourth-order valence-corrected chi connectivity index (χ4v) is 2.97. The fourth-order valence-electron chi connectivity index (χ4n) is 2.28. The van der Waals surface area contributed by atoms with Gasteiger partial charge in [0.15, 0.2) is 16.7 Å². The van der Waals surface area contributed by atoms with Gasteiger partial charge in [-0.15, -0.1) is 11.3 Å². The first-order chi connectivity index (χ1) is 9.31. The number of rotatable bonds is 4. The second kappa shape index (κ2) is 5.57. The lowest BCUT2D eigenvalue weighted by Gasteiger charge is -2.15. The molecular formula is C14H17N3OS. The van der Waals surface area contributed by atoms with E-state index in [9.17, 15) is 0 Å². The van der Waals surface area contributed by atoms with Crippen LogP contribution in [0.25, 0.3) is 0 Å².